The maximum absolute atomic E-state index is 12.9. The van der Waals surface area contributed by atoms with E-state index in [9.17, 15) is 9.90 Å². The maximum Gasteiger partial charge on any atom is 0.189 e. The summed E-state index contributed by atoms with van der Waals surface area (Å²) < 4.78 is 0. The van der Waals surface area contributed by atoms with Crippen molar-refractivity contribution in [3.8, 4) is 5.75 Å². The molecule has 6 heteroatoms. The number of hydrogen-bond donors (Lipinski definition) is 3. The zero-order valence-electron chi connectivity index (χ0n) is 16.6. The fourth-order valence-corrected chi connectivity index (χ4v) is 2.96. The second-order valence-electron chi connectivity index (χ2n) is 6.70. The van der Waals surface area contributed by atoms with Crippen LogP contribution in [0.3, 0.4) is 0 Å². The topological polar surface area (TPSA) is 87.1 Å². The molecule has 0 saturated heterocycles. The number of phenolic OH excluding ortho intramolecular Hbond substituents is 1. The van der Waals surface area contributed by atoms with E-state index in [1.54, 1.807) is 60.9 Å². The third-order valence-electron chi connectivity index (χ3n) is 4.49. The van der Waals surface area contributed by atoms with Gasteiger partial charge in [-0.2, -0.15) is 0 Å². The maximum atomic E-state index is 12.9. The monoisotopic (exact) mass is 408 g/mol. The number of nitrogens with zero attached hydrogens (tertiary/aromatic N) is 2. The molecule has 4 rings (SSSR count). The lowest BCUT2D eigenvalue weighted by molar-refractivity contribution is 0.104. The Balaban J connectivity index is 1.55. The molecule has 0 radical (unpaired) electrons. The highest BCUT2D eigenvalue weighted by molar-refractivity contribution is 6.10. The van der Waals surface area contributed by atoms with Gasteiger partial charge >= 0.3 is 0 Å². The first kappa shape index (κ1) is 19.8. The van der Waals surface area contributed by atoms with Gasteiger partial charge in [0, 0.05) is 29.3 Å². The number of aromatic hydroxyl groups is 1. The van der Waals surface area contributed by atoms with Crippen LogP contribution in [0, 0.1) is 0 Å². The SMILES string of the molecule is O=C(C=Cc1cccnc1Nc1ccc(O)cc1)c1cccnc1Nc1ccccc1. The first-order valence-electron chi connectivity index (χ1n) is 9.69. The van der Waals surface area contributed by atoms with Crippen LogP contribution in [-0.2, 0) is 0 Å². The molecule has 0 bridgehead atoms. The second-order valence-corrected chi connectivity index (χ2v) is 6.70. The average Bonchev–Trinajstić information content (AvgIpc) is 2.81. The molecule has 0 fully saturated rings. The van der Waals surface area contributed by atoms with Gasteiger partial charge in [-0.25, -0.2) is 9.97 Å². The predicted octanol–water partition coefficient (Wildman–Crippen LogP) is 5.57. The van der Waals surface area contributed by atoms with Crippen molar-refractivity contribution in [1.29, 1.82) is 0 Å². The number of rotatable bonds is 7. The Morgan fingerprint density at radius 1 is 0.742 bits per heavy atom. The van der Waals surface area contributed by atoms with Crippen LogP contribution in [0.4, 0.5) is 23.0 Å². The minimum Gasteiger partial charge on any atom is -0.508 e. The van der Waals surface area contributed by atoms with E-state index < -0.39 is 0 Å². The number of ketones is 1. The van der Waals surface area contributed by atoms with Gasteiger partial charge in [-0.1, -0.05) is 18.2 Å². The number of allylic oxidation sites excluding steroid dienone is 1. The van der Waals surface area contributed by atoms with Crippen LogP contribution in [0.25, 0.3) is 6.08 Å². The largest absolute Gasteiger partial charge is 0.508 e. The van der Waals surface area contributed by atoms with Crippen molar-refractivity contribution >= 4 is 34.9 Å². The van der Waals surface area contributed by atoms with Gasteiger partial charge in [0.25, 0.3) is 0 Å². The summed E-state index contributed by atoms with van der Waals surface area (Å²) in [7, 11) is 0. The molecule has 2 aromatic heterocycles. The normalized spacial score (nSPS) is 10.7. The Morgan fingerprint density at radius 3 is 2.16 bits per heavy atom. The summed E-state index contributed by atoms with van der Waals surface area (Å²) in [6.45, 7) is 0. The standard InChI is InChI=1S/C25H20N4O2/c30-21-13-11-20(12-14-21)28-24-18(6-4-16-26-24)10-15-23(31)22-9-5-17-27-25(22)29-19-7-2-1-3-8-19/h1-17,30H,(H,26,28)(H,27,29). The molecule has 0 saturated carbocycles. The molecular weight excluding hydrogens is 388 g/mol. The van der Waals surface area contributed by atoms with Gasteiger partial charge < -0.3 is 15.7 Å². The third kappa shape index (κ3) is 5.13. The molecule has 152 valence electrons. The number of hydrogen-bond acceptors (Lipinski definition) is 6. The highest BCUT2D eigenvalue weighted by atomic mass is 16.3. The van der Waals surface area contributed by atoms with Crippen LogP contribution >= 0.6 is 0 Å². The van der Waals surface area contributed by atoms with E-state index in [1.165, 1.54) is 6.08 Å². The second kappa shape index (κ2) is 9.37. The summed E-state index contributed by atoms with van der Waals surface area (Å²) in [5.74, 6) is 1.11. The number of benzene rings is 2. The van der Waals surface area contributed by atoms with Gasteiger partial charge in [0.1, 0.15) is 17.4 Å². The molecule has 0 aliphatic rings. The van der Waals surface area contributed by atoms with Gasteiger partial charge in [-0.3, -0.25) is 4.79 Å². The highest BCUT2D eigenvalue weighted by Crippen LogP contribution is 2.23. The first-order valence-corrected chi connectivity index (χ1v) is 9.69. The molecule has 4 aromatic rings. The van der Waals surface area contributed by atoms with Crippen LogP contribution < -0.4 is 10.6 Å². The van der Waals surface area contributed by atoms with Crippen molar-refractivity contribution in [3.63, 3.8) is 0 Å². The molecule has 2 heterocycles. The van der Waals surface area contributed by atoms with Gasteiger partial charge in [-0.05, 0) is 72.8 Å². The summed E-state index contributed by atoms with van der Waals surface area (Å²) >= 11 is 0. The predicted molar refractivity (Wildman–Crippen MR) is 123 cm³/mol. The Kier molecular flexibility index (Phi) is 6.00. The van der Waals surface area contributed by atoms with Crippen molar-refractivity contribution in [3.05, 3.63) is 108 Å². The molecule has 0 aliphatic carbocycles. The molecule has 0 aliphatic heterocycles. The fraction of sp³-hybridized carbons (Fsp3) is 0. The van der Waals surface area contributed by atoms with Crippen molar-refractivity contribution in [2.45, 2.75) is 0 Å². The van der Waals surface area contributed by atoms with Crippen molar-refractivity contribution < 1.29 is 9.90 Å². The zero-order chi connectivity index (χ0) is 21.5. The summed E-state index contributed by atoms with van der Waals surface area (Å²) in [6.07, 6.45) is 6.54. The molecule has 3 N–H and O–H groups in total. The Bertz CT molecular complexity index is 1210. The van der Waals surface area contributed by atoms with Gasteiger partial charge in [-0.15, -0.1) is 0 Å². The van der Waals surface area contributed by atoms with Crippen LogP contribution in [0.2, 0.25) is 0 Å². The van der Waals surface area contributed by atoms with Crippen LogP contribution in [0.15, 0.2) is 97.3 Å². The number of carbonyl (C=O) groups excluding carboxylic acids is 1. The number of carbonyl (C=O) groups is 1. The lowest BCUT2D eigenvalue weighted by Gasteiger charge is -2.09. The Hall–Kier alpha value is -4.45. The van der Waals surface area contributed by atoms with Gasteiger partial charge in [0.05, 0.1) is 5.56 Å². The molecule has 6 nitrogen and oxygen atoms in total. The molecule has 0 unspecified atom stereocenters. The van der Waals surface area contributed by atoms with Crippen molar-refractivity contribution in [2.75, 3.05) is 10.6 Å². The lowest BCUT2D eigenvalue weighted by Crippen LogP contribution is -2.03. The summed E-state index contributed by atoms with van der Waals surface area (Å²) in [5.41, 5.74) is 2.86. The van der Waals surface area contributed by atoms with E-state index in [0.29, 0.717) is 17.2 Å². The number of phenols is 1. The number of pyridine rings is 2. The van der Waals surface area contributed by atoms with Crippen molar-refractivity contribution in [2.24, 2.45) is 0 Å². The molecule has 31 heavy (non-hydrogen) atoms. The smallest absolute Gasteiger partial charge is 0.189 e. The summed E-state index contributed by atoms with van der Waals surface area (Å²) in [6, 6.07) is 23.4. The number of nitrogens with one attached hydrogen (secondary N) is 2. The minimum atomic E-state index is -0.175. The van der Waals surface area contributed by atoms with E-state index in [2.05, 4.69) is 20.6 Å². The van der Waals surface area contributed by atoms with E-state index in [0.717, 1.165) is 16.9 Å². The first-order chi connectivity index (χ1) is 15.2. The van der Waals surface area contributed by atoms with Gasteiger partial charge in [0.2, 0.25) is 0 Å². The van der Waals surface area contributed by atoms with Crippen LogP contribution in [0.1, 0.15) is 15.9 Å². The minimum absolute atomic E-state index is 0.175. The molecule has 2 aromatic carbocycles. The van der Waals surface area contributed by atoms with E-state index in [4.69, 9.17) is 0 Å². The van der Waals surface area contributed by atoms with E-state index in [1.807, 2.05) is 36.4 Å². The Labute approximate surface area is 180 Å². The zero-order valence-corrected chi connectivity index (χ0v) is 16.6. The number of anilines is 4. The third-order valence-corrected chi connectivity index (χ3v) is 4.49. The average molecular weight is 408 g/mol. The van der Waals surface area contributed by atoms with E-state index in [-0.39, 0.29) is 11.5 Å². The van der Waals surface area contributed by atoms with Crippen molar-refractivity contribution in [1.82, 2.24) is 9.97 Å². The quantitative estimate of drug-likeness (QED) is 0.211. The van der Waals surface area contributed by atoms with Crippen LogP contribution in [-0.4, -0.2) is 20.9 Å². The Morgan fingerprint density at radius 2 is 1.39 bits per heavy atom. The molecular formula is C25H20N4O2. The summed E-state index contributed by atoms with van der Waals surface area (Å²) in [5, 5.41) is 15.8. The fourth-order valence-electron chi connectivity index (χ4n) is 2.96. The van der Waals surface area contributed by atoms with Crippen LogP contribution in [0.5, 0.6) is 5.75 Å². The molecule has 0 atom stereocenters. The van der Waals surface area contributed by atoms with E-state index >= 15 is 0 Å². The highest BCUT2D eigenvalue weighted by Gasteiger charge is 2.10. The molecule has 0 spiro atoms. The summed E-state index contributed by atoms with van der Waals surface area (Å²) in [4.78, 5) is 21.6. The van der Waals surface area contributed by atoms with Gasteiger partial charge in [0.15, 0.2) is 5.78 Å². The number of para-hydroxylation sites is 1. The molecule has 0 amide bonds. The number of aromatic nitrogens is 2. The lowest BCUT2D eigenvalue weighted by atomic mass is 10.1.